The van der Waals surface area contributed by atoms with E-state index >= 15 is 0 Å². The minimum Gasteiger partial charge on any atom is -0.497 e. The summed E-state index contributed by atoms with van der Waals surface area (Å²) in [6, 6.07) is 13.9. The third-order valence-corrected chi connectivity index (χ3v) is 7.06. The molecule has 1 amide bonds. The fourth-order valence-corrected chi connectivity index (χ4v) is 5.17. The Balaban J connectivity index is 1.45. The number of likely N-dealkylation sites (tertiary alicyclic amines) is 1. The van der Waals surface area contributed by atoms with Crippen molar-refractivity contribution in [2.45, 2.75) is 51.4 Å². The predicted molar refractivity (Wildman–Crippen MR) is 136 cm³/mol. The van der Waals surface area contributed by atoms with E-state index in [0.29, 0.717) is 17.6 Å². The van der Waals surface area contributed by atoms with Crippen molar-refractivity contribution in [2.24, 2.45) is 5.92 Å². The summed E-state index contributed by atoms with van der Waals surface area (Å²) in [6.45, 7) is 6.20. The topological polar surface area (TPSA) is 56.8 Å². The van der Waals surface area contributed by atoms with Crippen LogP contribution in [0.4, 0.5) is 10.1 Å². The summed E-state index contributed by atoms with van der Waals surface area (Å²) >= 11 is 5.68. The van der Waals surface area contributed by atoms with Crippen LogP contribution in [0.5, 0.6) is 5.75 Å². The van der Waals surface area contributed by atoms with Crippen molar-refractivity contribution in [3.8, 4) is 5.75 Å². The van der Waals surface area contributed by atoms with Crippen molar-refractivity contribution < 1.29 is 13.9 Å². The van der Waals surface area contributed by atoms with Crippen LogP contribution in [0, 0.1) is 11.7 Å². The van der Waals surface area contributed by atoms with Crippen molar-refractivity contribution in [3.63, 3.8) is 0 Å². The van der Waals surface area contributed by atoms with E-state index in [0.717, 1.165) is 49.4 Å². The maximum Gasteiger partial charge on any atom is 0.241 e. The molecule has 2 aromatic rings. The zero-order valence-electron chi connectivity index (χ0n) is 20.0. The SMILES string of the molecule is COc1ccc(NC(=S)N2CCC3(CC2)N[C@H](CC(C)C)C(=O)N3Cc2ccc(F)cc2)cc1. The van der Waals surface area contributed by atoms with Gasteiger partial charge in [-0.25, -0.2) is 4.39 Å². The van der Waals surface area contributed by atoms with Gasteiger partial charge in [-0.15, -0.1) is 0 Å². The molecule has 2 saturated heterocycles. The lowest BCUT2D eigenvalue weighted by atomic mass is 9.95. The molecule has 2 aliphatic heterocycles. The summed E-state index contributed by atoms with van der Waals surface area (Å²) in [4.78, 5) is 17.6. The smallest absolute Gasteiger partial charge is 0.241 e. The normalized spacial score (nSPS) is 19.7. The first kappa shape index (κ1) is 24.4. The summed E-state index contributed by atoms with van der Waals surface area (Å²) in [5.74, 6) is 1.06. The van der Waals surface area contributed by atoms with Crippen molar-refractivity contribution in [1.29, 1.82) is 0 Å². The zero-order chi connectivity index (χ0) is 24.3. The number of thiocarbonyl (C=S) groups is 1. The number of rotatable bonds is 6. The first-order valence-electron chi connectivity index (χ1n) is 11.8. The number of hydrogen-bond acceptors (Lipinski definition) is 4. The molecule has 8 heteroatoms. The number of nitrogens with one attached hydrogen (secondary N) is 2. The molecule has 182 valence electrons. The summed E-state index contributed by atoms with van der Waals surface area (Å²) in [5, 5.41) is 7.67. The summed E-state index contributed by atoms with van der Waals surface area (Å²) in [7, 11) is 1.64. The second-order valence-electron chi connectivity index (χ2n) is 9.55. The van der Waals surface area contributed by atoms with Crippen LogP contribution < -0.4 is 15.4 Å². The second kappa shape index (κ2) is 10.3. The van der Waals surface area contributed by atoms with E-state index in [1.807, 2.05) is 29.2 Å². The van der Waals surface area contributed by atoms with Crippen molar-refractivity contribution >= 4 is 28.9 Å². The maximum absolute atomic E-state index is 13.4. The molecule has 2 heterocycles. The molecule has 34 heavy (non-hydrogen) atoms. The first-order chi connectivity index (χ1) is 16.3. The third kappa shape index (κ3) is 5.33. The molecule has 6 nitrogen and oxygen atoms in total. The van der Waals surface area contributed by atoms with Crippen molar-refractivity contribution in [3.05, 3.63) is 59.9 Å². The minimum atomic E-state index is -0.419. The number of ether oxygens (including phenoxy) is 1. The van der Waals surface area contributed by atoms with E-state index in [-0.39, 0.29) is 17.8 Å². The molecule has 1 atom stereocenters. The van der Waals surface area contributed by atoms with Crippen LogP contribution in [0.3, 0.4) is 0 Å². The molecule has 0 unspecified atom stereocenters. The highest BCUT2D eigenvalue weighted by Gasteiger charge is 2.51. The molecule has 4 rings (SSSR count). The number of benzene rings is 2. The molecule has 0 bridgehead atoms. The molecular weight excluding hydrogens is 451 g/mol. The van der Waals surface area contributed by atoms with Crippen LogP contribution in [0.1, 0.15) is 38.7 Å². The van der Waals surface area contributed by atoms with E-state index in [1.165, 1.54) is 12.1 Å². The Morgan fingerprint density at radius 1 is 1.18 bits per heavy atom. The van der Waals surface area contributed by atoms with E-state index in [9.17, 15) is 9.18 Å². The Hall–Kier alpha value is -2.71. The highest BCUT2D eigenvalue weighted by atomic mass is 32.1. The Bertz CT molecular complexity index is 1000. The van der Waals surface area contributed by atoms with Gasteiger partial charge in [0.25, 0.3) is 0 Å². The average molecular weight is 485 g/mol. The minimum absolute atomic E-state index is 0.130. The lowest BCUT2D eigenvalue weighted by Gasteiger charge is -2.45. The van der Waals surface area contributed by atoms with Crippen LogP contribution in [0.15, 0.2) is 48.5 Å². The predicted octanol–water partition coefficient (Wildman–Crippen LogP) is 4.37. The number of anilines is 1. The third-order valence-electron chi connectivity index (χ3n) is 6.70. The average Bonchev–Trinajstić information content (AvgIpc) is 3.06. The number of amides is 1. The van der Waals surface area contributed by atoms with Gasteiger partial charge in [-0.1, -0.05) is 26.0 Å². The second-order valence-corrected chi connectivity index (χ2v) is 9.94. The number of carbonyl (C=O) groups is 1. The largest absolute Gasteiger partial charge is 0.497 e. The van der Waals surface area contributed by atoms with Gasteiger partial charge in [0.1, 0.15) is 11.6 Å². The van der Waals surface area contributed by atoms with Gasteiger partial charge in [-0.3, -0.25) is 10.1 Å². The Morgan fingerprint density at radius 3 is 2.41 bits per heavy atom. The monoisotopic (exact) mass is 484 g/mol. The Morgan fingerprint density at radius 2 is 1.82 bits per heavy atom. The van der Waals surface area contributed by atoms with Crippen LogP contribution >= 0.6 is 12.2 Å². The van der Waals surface area contributed by atoms with Gasteiger partial charge < -0.3 is 19.9 Å². The van der Waals surface area contributed by atoms with E-state index in [4.69, 9.17) is 17.0 Å². The van der Waals surface area contributed by atoms with E-state index in [1.54, 1.807) is 19.2 Å². The molecule has 0 aromatic heterocycles. The van der Waals surface area contributed by atoms with Crippen molar-refractivity contribution in [1.82, 2.24) is 15.1 Å². The molecule has 0 aliphatic carbocycles. The van der Waals surface area contributed by atoms with E-state index < -0.39 is 5.66 Å². The molecule has 0 radical (unpaired) electrons. The number of halogens is 1. The molecule has 1 spiro atoms. The molecule has 2 aromatic carbocycles. The van der Waals surface area contributed by atoms with Crippen LogP contribution in [0.2, 0.25) is 0 Å². The maximum atomic E-state index is 13.4. The van der Waals surface area contributed by atoms with Gasteiger partial charge in [0.05, 0.1) is 18.8 Å². The summed E-state index contributed by atoms with van der Waals surface area (Å²) < 4.78 is 18.6. The van der Waals surface area contributed by atoms with Gasteiger partial charge in [0, 0.05) is 38.2 Å². The standard InChI is InChI=1S/C26H33FN4O2S/c1-18(2)16-23-24(32)31(17-19-4-6-20(27)7-5-19)26(29-23)12-14-30(15-13-26)25(34)28-21-8-10-22(33-3)11-9-21/h4-11,18,23,29H,12-17H2,1-3H3,(H,28,34)/t23-/m1/s1. The molecule has 2 fully saturated rings. The lowest BCUT2D eigenvalue weighted by Crippen LogP contribution is -2.59. The van der Waals surface area contributed by atoms with Gasteiger partial charge in [0.15, 0.2) is 5.11 Å². The van der Waals surface area contributed by atoms with Gasteiger partial charge >= 0.3 is 0 Å². The molecule has 0 saturated carbocycles. The fourth-order valence-electron chi connectivity index (χ4n) is 4.87. The molecule has 2 aliphatic rings. The van der Waals surface area contributed by atoms with Crippen LogP contribution in [0.25, 0.3) is 0 Å². The van der Waals surface area contributed by atoms with Crippen LogP contribution in [-0.4, -0.2) is 52.7 Å². The number of carbonyl (C=O) groups excluding carboxylic acids is 1. The number of hydrogen-bond donors (Lipinski definition) is 2. The number of methoxy groups -OCH3 is 1. The lowest BCUT2D eigenvalue weighted by molar-refractivity contribution is -0.134. The highest BCUT2D eigenvalue weighted by molar-refractivity contribution is 7.80. The highest BCUT2D eigenvalue weighted by Crippen LogP contribution is 2.35. The van der Waals surface area contributed by atoms with Crippen molar-refractivity contribution in [2.75, 3.05) is 25.5 Å². The number of piperidine rings is 1. The van der Waals surface area contributed by atoms with Gasteiger partial charge in [-0.05, 0) is 66.5 Å². The zero-order valence-corrected chi connectivity index (χ0v) is 20.8. The van der Waals surface area contributed by atoms with Gasteiger partial charge in [0.2, 0.25) is 5.91 Å². The van der Waals surface area contributed by atoms with Gasteiger partial charge in [-0.2, -0.15) is 0 Å². The number of nitrogens with zero attached hydrogens (tertiary/aromatic N) is 2. The quantitative estimate of drug-likeness (QED) is 0.594. The Kier molecular flexibility index (Phi) is 7.38. The van der Waals surface area contributed by atoms with Crippen LogP contribution in [-0.2, 0) is 11.3 Å². The summed E-state index contributed by atoms with van der Waals surface area (Å²) in [5.41, 5.74) is 1.42. The molecule has 2 N–H and O–H groups in total. The first-order valence-corrected chi connectivity index (χ1v) is 12.2. The summed E-state index contributed by atoms with van der Waals surface area (Å²) in [6.07, 6.45) is 2.32. The molecular formula is C26H33FN4O2S. The van der Waals surface area contributed by atoms with E-state index in [2.05, 4.69) is 29.4 Å². The Labute approximate surface area is 206 Å². The fraction of sp³-hybridized carbons (Fsp3) is 0.462.